The number of hydrogen-bond donors (Lipinski definition) is 3. The van der Waals surface area contributed by atoms with Gasteiger partial charge in [-0.3, -0.25) is 9.59 Å². The SMILES string of the molecule is CC(C)C(CC(O)C(N)COCc1ccccc1)C(=O)OC(C(=O)NCc1ccccc1)C(C)C. The summed E-state index contributed by atoms with van der Waals surface area (Å²) in [7, 11) is 0. The molecule has 0 radical (unpaired) electrons. The van der Waals surface area contributed by atoms with Gasteiger partial charge in [-0.2, -0.15) is 0 Å². The lowest BCUT2D eigenvalue weighted by molar-refractivity contribution is -0.165. The average Bonchev–Trinajstić information content (AvgIpc) is 2.84. The Balaban J connectivity index is 1.90. The highest BCUT2D eigenvalue weighted by Gasteiger charge is 2.33. The van der Waals surface area contributed by atoms with Crippen molar-refractivity contribution in [2.24, 2.45) is 23.5 Å². The molecule has 0 bridgehead atoms. The summed E-state index contributed by atoms with van der Waals surface area (Å²) >= 11 is 0. The Hall–Kier alpha value is -2.74. The third-order valence-corrected chi connectivity index (χ3v) is 5.94. The summed E-state index contributed by atoms with van der Waals surface area (Å²) < 4.78 is 11.3. The van der Waals surface area contributed by atoms with Crippen molar-refractivity contribution in [3.63, 3.8) is 0 Å². The normalized spacial score (nSPS) is 14.9. The number of nitrogens with one attached hydrogen (secondary N) is 1. The lowest BCUT2D eigenvalue weighted by atomic mass is 9.88. The van der Waals surface area contributed by atoms with Gasteiger partial charge in [0.2, 0.25) is 0 Å². The number of aliphatic hydroxyl groups excluding tert-OH is 1. The second kappa shape index (κ2) is 14.6. The first kappa shape index (κ1) is 28.5. The van der Waals surface area contributed by atoms with Crippen LogP contribution in [0.3, 0.4) is 0 Å². The first-order valence-electron chi connectivity index (χ1n) is 12.3. The van der Waals surface area contributed by atoms with Crippen LogP contribution in [0.2, 0.25) is 0 Å². The fourth-order valence-electron chi connectivity index (χ4n) is 3.66. The number of benzene rings is 2. The van der Waals surface area contributed by atoms with Crippen LogP contribution in [0.1, 0.15) is 45.2 Å². The van der Waals surface area contributed by atoms with Crippen molar-refractivity contribution < 1.29 is 24.2 Å². The molecule has 192 valence electrons. The molecule has 0 saturated heterocycles. The highest BCUT2D eigenvalue weighted by atomic mass is 16.5. The molecule has 0 saturated carbocycles. The van der Waals surface area contributed by atoms with E-state index in [0.717, 1.165) is 11.1 Å². The number of aliphatic hydroxyl groups is 1. The zero-order valence-electron chi connectivity index (χ0n) is 21.2. The van der Waals surface area contributed by atoms with Crippen LogP contribution in [0.25, 0.3) is 0 Å². The fraction of sp³-hybridized carbons (Fsp3) is 0.500. The Morgan fingerprint density at radius 1 is 0.914 bits per heavy atom. The molecule has 0 heterocycles. The van der Waals surface area contributed by atoms with Crippen molar-refractivity contribution in [2.75, 3.05) is 6.61 Å². The van der Waals surface area contributed by atoms with Gasteiger partial charge in [0.05, 0.1) is 31.3 Å². The molecule has 0 aliphatic heterocycles. The number of rotatable bonds is 14. The van der Waals surface area contributed by atoms with Crippen LogP contribution in [0.4, 0.5) is 0 Å². The van der Waals surface area contributed by atoms with Crippen LogP contribution in [-0.4, -0.2) is 41.8 Å². The van der Waals surface area contributed by atoms with Gasteiger partial charge in [0.15, 0.2) is 6.10 Å². The maximum atomic E-state index is 13.0. The molecule has 0 fully saturated rings. The van der Waals surface area contributed by atoms with E-state index in [0.29, 0.717) is 13.2 Å². The lowest BCUT2D eigenvalue weighted by Gasteiger charge is -2.28. The number of ether oxygens (including phenoxy) is 2. The van der Waals surface area contributed by atoms with Gasteiger partial charge in [-0.15, -0.1) is 0 Å². The van der Waals surface area contributed by atoms with Crippen LogP contribution < -0.4 is 11.1 Å². The first-order valence-corrected chi connectivity index (χ1v) is 12.3. The Morgan fingerprint density at radius 3 is 2.03 bits per heavy atom. The molecule has 0 aliphatic rings. The molecular formula is C28H40N2O5. The van der Waals surface area contributed by atoms with Crippen molar-refractivity contribution in [3.05, 3.63) is 71.8 Å². The molecule has 7 heteroatoms. The van der Waals surface area contributed by atoms with E-state index in [2.05, 4.69) is 5.32 Å². The second-order valence-corrected chi connectivity index (χ2v) is 9.62. The standard InChI is InChI=1S/C28H40N2O5/c1-19(2)23(15-25(31)24(29)18-34-17-22-13-9-6-10-14-22)28(33)35-26(20(3)4)27(32)30-16-21-11-7-5-8-12-21/h5-14,19-20,23-26,31H,15-18,29H2,1-4H3,(H,30,32). The van der Waals surface area contributed by atoms with Crippen molar-refractivity contribution in [2.45, 2.75) is 65.5 Å². The summed E-state index contributed by atoms with van der Waals surface area (Å²) in [5, 5.41) is 13.5. The predicted octanol–water partition coefficient (Wildman–Crippen LogP) is 3.44. The van der Waals surface area contributed by atoms with E-state index in [1.54, 1.807) is 0 Å². The van der Waals surface area contributed by atoms with Gasteiger partial charge in [0.1, 0.15) is 0 Å². The van der Waals surface area contributed by atoms with E-state index in [4.69, 9.17) is 15.2 Å². The van der Waals surface area contributed by atoms with E-state index < -0.39 is 30.1 Å². The van der Waals surface area contributed by atoms with Gasteiger partial charge >= 0.3 is 5.97 Å². The molecule has 2 rings (SSSR count). The third kappa shape index (κ3) is 9.80. The smallest absolute Gasteiger partial charge is 0.310 e. The van der Waals surface area contributed by atoms with Crippen LogP contribution in [0.15, 0.2) is 60.7 Å². The Bertz CT molecular complexity index is 889. The highest BCUT2D eigenvalue weighted by Crippen LogP contribution is 2.22. The molecule has 7 nitrogen and oxygen atoms in total. The van der Waals surface area contributed by atoms with E-state index in [1.165, 1.54) is 0 Å². The molecule has 35 heavy (non-hydrogen) atoms. The minimum Gasteiger partial charge on any atom is -0.452 e. The monoisotopic (exact) mass is 484 g/mol. The van der Waals surface area contributed by atoms with E-state index in [1.807, 2.05) is 88.4 Å². The van der Waals surface area contributed by atoms with Gasteiger partial charge in [0.25, 0.3) is 5.91 Å². The zero-order valence-corrected chi connectivity index (χ0v) is 21.2. The van der Waals surface area contributed by atoms with Gasteiger partial charge in [-0.25, -0.2) is 0 Å². The van der Waals surface area contributed by atoms with Gasteiger partial charge in [0, 0.05) is 6.54 Å². The third-order valence-electron chi connectivity index (χ3n) is 5.94. The number of hydrogen-bond acceptors (Lipinski definition) is 6. The maximum absolute atomic E-state index is 13.0. The molecule has 1 amide bonds. The van der Waals surface area contributed by atoms with E-state index >= 15 is 0 Å². The molecule has 0 aromatic heterocycles. The summed E-state index contributed by atoms with van der Waals surface area (Å²) in [5.74, 6) is -1.76. The lowest BCUT2D eigenvalue weighted by Crippen LogP contribution is -2.44. The Labute approximate surface area is 209 Å². The van der Waals surface area contributed by atoms with Crippen LogP contribution >= 0.6 is 0 Å². The van der Waals surface area contributed by atoms with Gasteiger partial charge in [-0.05, 0) is 29.4 Å². The van der Waals surface area contributed by atoms with Gasteiger partial charge < -0.3 is 25.6 Å². The van der Waals surface area contributed by atoms with Gasteiger partial charge in [-0.1, -0.05) is 88.4 Å². The van der Waals surface area contributed by atoms with Crippen molar-refractivity contribution >= 4 is 11.9 Å². The minimum absolute atomic E-state index is 0.102. The largest absolute Gasteiger partial charge is 0.452 e. The summed E-state index contributed by atoms with van der Waals surface area (Å²) in [6, 6.07) is 18.6. The average molecular weight is 485 g/mol. The summed E-state index contributed by atoms with van der Waals surface area (Å²) in [5.41, 5.74) is 8.11. The number of amides is 1. The molecule has 2 aromatic rings. The minimum atomic E-state index is -0.949. The van der Waals surface area contributed by atoms with E-state index in [9.17, 15) is 14.7 Å². The molecule has 4 N–H and O–H groups in total. The number of esters is 1. The number of carbonyl (C=O) groups is 2. The molecule has 4 atom stereocenters. The topological polar surface area (TPSA) is 111 Å². The molecule has 2 aromatic carbocycles. The Kier molecular flexibility index (Phi) is 11.9. The summed E-state index contributed by atoms with van der Waals surface area (Å²) in [4.78, 5) is 25.8. The highest BCUT2D eigenvalue weighted by molar-refractivity contribution is 5.84. The maximum Gasteiger partial charge on any atom is 0.310 e. The molecule has 0 aliphatic carbocycles. The number of nitrogens with two attached hydrogens (primary N) is 1. The van der Waals surface area contributed by atoms with Crippen LogP contribution in [0.5, 0.6) is 0 Å². The van der Waals surface area contributed by atoms with E-state index in [-0.39, 0.29) is 30.8 Å². The molecule has 4 unspecified atom stereocenters. The quantitative estimate of drug-likeness (QED) is 0.354. The second-order valence-electron chi connectivity index (χ2n) is 9.62. The van der Waals surface area contributed by atoms with Crippen LogP contribution in [0, 0.1) is 17.8 Å². The predicted molar refractivity (Wildman–Crippen MR) is 136 cm³/mol. The van der Waals surface area contributed by atoms with Crippen molar-refractivity contribution in [1.29, 1.82) is 0 Å². The zero-order chi connectivity index (χ0) is 25.8. The number of carbonyl (C=O) groups excluding carboxylic acids is 2. The van der Waals surface area contributed by atoms with Crippen molar-refractivity contribution in [3.8, 4) is 0 Å². The fourth-order valence-corrected chi connectivity index (χ4v) is 3.66. The molecule has 0 spiro atoms. The molecular weight excluding hydrogens is 444 g/mol. The van der Waals surface area contributed by atoms with Crippen molar-refractivity contribution in [1.82, 2.24) is 5.32 Å². The van der Waals surface area contributed by atoms with Crippen LogP contribution in [-0.2, 0) is 32.2 Å². The summed E-state index contributed by atoms with van der Waals surface area (Å²) in [6.07, 6.45) is -1.74. The first-order chi connectivity index (χ1) is 16.7. The Morgan fingerprint density at radius 2 is 1.49 bits per heavy atom. The summed E-state index contributed by atoms with van der Waals surface area (Å²) in [6.45, 7) is 8.34.